The number of amides is 1. The molecule has 2 aromatic heterocycles. The average molecular weight is 354 g/mol. The molecule has 2 aromatic rings. The van der Waals surface area contributed by atoms with Crippen LogP contribution in [-0.4, -0.2) is 31.7 Å². The highest BCUT2D eigenvalue weighted by molar-refractivity contribution is 7.91. The van der Waals surface area contributed by atoms with Crippen molar-refractivity contribution < 1.29 is 17.6 Å². The zero-order valence-corrected chi connectivity index (χ0v) is 14.2. The van der Waals surface area contributed by atoms with Gasteiger partial charge >= 0.3 is 0 Å². The van der Waals surface area contributed by atoms with E-state index >= 15 is 0 Å². The van der Waals surface area contributed by atoms with Crippen molar-refractivity contribution in [3.63, 3.8) is 0 Å². The fraction of sp³-hybridized carbons (Fsp3) is 0.400. The summed E-state index contributed by atoms with van der Waals surface area (Å²) in [5.74, 6) is 0.523. The summed E-state index contributed by atoms with van der Waals surface area (Å²) >= 11 is 1.16. The summed E-state index contributed by atoms with van der Waals surface area (Å²) in [5, 5.41) is 2.75. The second-order valence-electron chi connectivity index (χ2n) is 5.36. The lowest BCUT2D eigenvalue weighted by molar-refractivity contribution is -0.120. The SMILES string of the molecule is O=C(Cc1ccc(S(=O)(=O)N2CCCC2)s1)NCc1ccco1. The van der Waals surface area contributed by atoms with E-state index in [0.29, 0.717) is 29.6 Å². The first-order valence-electron chi connectivity index (χ1n) is 7.43. The molecule has 0 bridgehead atoms. The molecular formula is C15H18N2O4S2. The van der Waals surface area contributed by atoms with Gasteiger partial charge in [0.2, 0.25) is 5.91 Å². The summed E-state index contributed by atoms with van der Waals surface area (Å²) in [4.78, 5) is 12.7. The van der Waals surface area contributed by atoms with Crippen molar-refractivity contribution in [2.24, 2.45) is 0 Å². The largest absolute Gasteiger partial charge is 0.467 e. The van der Waals surface area contributed by atoms with Gasteiger partial charge in [0.05, 0.1) is 19.2 Å². The van der Waals surface area contributed by atoms with E-state index in [-0.39, 0.29) is 12.3 Å². The van der Waals surface area contributed by atoms with Crippen LogP contribution in [0.15, 0.2) is 39.2 Å². The predicted molar refractivity (Wildman–Crippen MR) is 86.6 cm³/mol. The lowest BCUT2D eigenvalue weighted by Gasteiger charge is -2.13. The zero-order valence-electron chi connectivity index (χ0n) is 12.5. The Hall–Kier alpha value is -1.64. The minimum absolute atomic E-state index is 0.159. The summed E-state index contributed by atoms with van der Waals surface area (Å²) < 4.78 is 31.8. The van der Waals surface area contributed by atoms with Crippen molar-refractivity contribution in [2.45, 2.75) is 30.0 Å². The molecular weight excluding hydrogens is 336 g/mol. The molecule has 3 rings (SSSR count). The number of carbonyl (C=O) groups is 1. The van der Waals surface area contributed by atoms with Gasteiger partial charge in [-0.1, -0.05) is 0 Å². The number of hydrogen-bond acceptors (Lipinski definition) is 5. The molecule has 8 heteroatoms. The van der Waals surface area contributed by atoms with Crippen molar-refractivity contribution in [1.29, 1.82) is 0 Å². The monoisotopic (exact) mass is 354 g/mol. The number of thiophene rings is 1. The summed E-state index contributed by atoms with van der Waals surface area (Å²) in [7, 11) is -3.40. The minimum Gasteiger partial charge on any atom is -0.467 e. The van der Waals surface area contributed by atoms with Crippen LogP contribution in [0.1, 0.15) is 23.5 Å². The molecule has 0 spiro atoms. The van der Waals surface area contributed by atoms with Crippen molar-refractivity contribution in [3.05, 3.63) is 41.2 Å². The maximum Gasteiger partial charge on any atom is 0.252 e. The Morgan fingerprint density at radius 1 is 1.26 bits per heavy atom. The van der Waals surface area contributed by atoms with Crippen LogP contribution in [0.4, 0.5) is 0 Å². The number of nitrogens with zero attached hydrogens (tertiary/aromatic N) is 1. The Balaban J connectivity index is 1.59. The highest BCUT2D eigenvalue weighted by Gasteiger charge is 2.28. The van der Waals surface area contributed by atoms with Crippen LogP contribution in [0.5, 0.6) is 0 Å². The third kappa shape index (κ3) is 3.82. The van der Waals surface area contributed by atoms with Crippen LogP contribution in [0, 0.1) is 0 Å². The van der Waals surface area contributed by atoms with Gasteiger partial charge in [-0.2, -0.15) is 4.31 Å². The number of nitrogens with one attached hydrogen (secondary N) is 1. The van der Waals surface area contributed by atoms with Crippen molar-refractivity contribution >= 4 is 27.3 Å². The van der Waals surface area contributed by atoms with Crippen molar-refractivity contribution in [2.75, 3.05) is 13.1 Å². The Morgan fingerprint density at radius 2 is 2.04 bits per heavy atom. The number of sulfonamides is 1. The Morgan fingerprint density at radius 3 is 2.74 bits per heavy atom. The lowest BCUT2D eigenvalue weighted by atomic mass is 10.3. The van der Waals surface area contributed by atoms with Gasteiger partial charge in [-0.3, -0.25) is 4.79 Å². The minimum atomic E-state index is -3.40. The standard InChI is InChI=1S/C15H18N2O4S2/c18-14(16-11-12-4-3-9-21-12)10-13-5-6-15(22-13)23(19,20)17-7-1-2-8-17/h3-6,9H,1-2,7-8,10-11H2,(H,16,18). The van der Waals surface area contributed by atoms with Crippen LogP contribution in [-0.2, 0) is 27.8 Å². The quantitative estimate of drug-likeness (QED) is 0.860. The van der Waals surface area contributed by atoms with E-state index in [2.05, 4.69) is 5.32 Å². The van der Waals surface area contributed by atoms with Gasteiger partial charge < -0.3 is 9.73 Å². The number of rotatable bonds is 6. The van der Waals surface area contributed by atoms with Gasteiger partial charge in [-0.25, -0.2) is 8.42 Å². The van der Waals surface area contributed by atoms with Crippen molar-refractivity contribution in [3.8, 4) is 0 Å². The number of carbonyl (C=O) groups excluding carboxylic acids is 1. The molecule has 1 N–H and O–H groups in total. The van der Waals surface area contributed by atoms with E-state index in [1.165, 1.54) is 4.31 Å². The second kappa shape index (κ2) is 6.86. The highest BCUT2D eigenvalue weighted by Crippen LogP contribution is 2.27. The molecule has 1 aliphatic rings. The van der Waals surface area contributed by atoms with Gasteiger partial charge in [0, 0.05) is 18.0 Å². The third-order valence-electron chi connectivity index (χ3n) is 3.67. The van der Waals surface area contributed by atoms with E-state index in [9.17, 15) is 13.2 Å². The Bertz CT molecular complexity index is 759. The van der Waals surface area contributed by atoms with Crippen LogP contribution in [0.3, 0.4) is 0 Å². The predicted octanol–water partition coefficient (Wildman–Crippen LogP) is 1.98. The third-order valence-corrected chi connectivity index (χ3v) is 7.12. The summed E-state index contributed by atoms with van der Waals surface area (Å²) in [6.07, 6.45) is 3.54. The molecule has 3 heterocycles. The Kier molecular flexibility index (Phi) is 4.84. The van der Waals surface area contributed by atoms with Gasteiger partial charge in [0.25, 0.3) is 10.0 Å². The molecule has 6 nitrogen and oxygen atoms in total. The Labute approximate surface area is 139 Å². The maximum absolute atomic E-state index is 12.4. The molecule has 1 aliphatic heterocycles. The normalized spacial score (nSPS) is 15.8. The molecule has 0 aliphatic carbocycles. The molecule has 1 amide bonds. The van der Waals surface area contributed by atoms with Crippen LogP contribution < -0.4 is 5.32 Å². The smallest absolute Gasteiger partial charge is 0.252 e. The molecule has 1 saturated heterocycles. The van der Waals surface area contributed by atoms with Gasteiger partial charge in [0.1, 0.15) is 9.97 Å². The van der Waals surface area contributed by atoms with E-state index < -0.39 is 10.0 Å². The molecule has 0 atom stereocenters. The van der Waals surface area contributed by atoms with E-state index in [0.717, 1.165) is 29.1 Å². The van der Waals surface area contributed by atoms with E-state index in [4.69, 9.17) is 4.42 Å². The maximum atomic E-state index is 12.4. The fourth-order valence-corrected chi connectivity index (χ4v) is 5.49. The van der Waals surface area contributed by atoms with Crippen LogP contribution in [0.25, 0.3) is 0 Å². The number of furan rings is 1. The first-order valence-corrected chi connectivity index (χ1v) is 9.69. The second-order valence-corrected chi connectivity index (χ2v) is 8.70. The molecule has 0 aromatic carbocycles. The first-order chi connectivity index (χ1) is 11.1. The van der Waals surface area contributed by atoms with Crippen molar-refractivity contribution in [1.82, 2.24) is 9.62 Å². The molecule has 23 heavy (non-hydrogen) atoms. The van der Waals surface area contributed by atoms with Gasteiger partial charge in [-0.15, -0.1) is 11.3 Å². The molecule has 0 radical (unpaired) electrons. The van der Waals surface area contributed by atoms with E-state index in [1.807, 2.05) is 0 Å². The topological polar surface area (TPSA) is 79.6 Å². The molecule has 1 fully saturated rings. The van der Waals surface area contributed by atoms with Crippen LogP contribution >= 0.6 is 11.3 Å². The average Bonchev–Trinajstić information content (AvgIpc) is 3.26. The van der Waals surface area contributed by atoms with E-state index in [1.54, 1.807) is 30.5 Å². The first kappa shape index (κ1) is 16.2. The molecule has 0 unspecified atom stereocenters. The fourth-order valence-electron chi connectivity index (χ4n) is 2.47. The van der Waals surface area contributed by atoms with Gasteiger partial charge in [-0.05, 0) is 37.1 Å². The molecule has 0 saturated carbocycles. The molecule has 124 valence electrons. The lowest BCUT2D eigenvalue weighted by Crippen LogP contribution is -2.27. The highest BCUT2D eigenvalue weighted by atomic mass is 32.2. The zero-order chi connectivity index (χ0) is 16.3. The summed E-state index contributed by atoms with van der Waals surface area (Å²) in [6, 6.07) is 6.84. The summed E-state index contributed by atoms with van der Waals surface area (Å²) in [5.41, 5.74) is 0. The summed E-state index contributed by atoms with van der Waals surface area (Å²) in [6.45, 7) is 1.49. The number of hydrogen-bond donors (Lipinski definition) is 1. The van der Waals surface area contributed by atoms with Gasteiger partial charge in [0.15, 0.2) is 0 Å². The van der Waals surface area contributed by atoms with Crippen LogP contribution in [0.2, 0.25) is 0 Å².